The Balaban J connectivity index is 1.21. The Morgan fingerprint density at radius 3 is 2.51 bits per heavy atom. The minimum Gasteiger partial charge on any atom is -0.371 e. The van der Waals surface area contributed by atoms with Crippen LogP contribution in [0.25, 0.3) is 0 Å². The van der Waals surface area contributed by atoms with E-state index >= 15 is 0 Å². The fourth-order valence-corrected chi connectivity index (χ4v) is 4.96. The number of carbonyl (C=O) groups is 2. The third-order valence-electron chi connectivity index (χ3n) is 6.78. The largest absolute Gasteiger partial charge is 0.416 e. The molecule has 0 spiro atoms. The standard InChI is InChI=1S/C26H31F3N4O2/c27-26(28,29)20-7-4-6-19(16-20)25(35)30-17-24(34)31-21-11-14-33(18-21)23-10-5-13-32(15-12-23)22-8-2-1-3-9-22/h1-4,6-9,16,21,23H,5,10-15,17-18H2,(H,30,35)(H,31,34). The molecular formula is C26H31F3N4O2. The summed E-state index contributed by atoms with van der Waals surface area (Å²) >= 11 is 0. The summed E-state index contributed by atoms with van der Waals surface area (Å²) in [6.07, 6.45) is -0.375. The number of amides is 2. The van der Waals surface area contributed by atoms with Gasteiger partial charge in [0.2, 0.25) is 5.91 Å². The van der Waals surface area contributed by atoms with Gasteiger partial charge in [-0.05, 0) is 56.0 Å². The lowest BCUT2D eigenvalue weighted by atomic mass is 10.1. The fourth-order valence-electron chi connectivity index (χ4n) is 4.96. The minimum absolute atomic E-state index is 0.00133. The summed E-state index contributed by atoms with van der Waals surface area (Å²) < 4.78 is 38.6. The number of para-hydroxylation sites is 1. The third kappa shape index (κ3) is 6.75. The molecule has 2 aliphatic heterocycles. The van der Waals surface area contributed by atoms with Crippen LogP contribution in [0.2, 0.25) is 0 Å². The van der Waals surface area contributed by atoms with Gasteiger partial charge in [-0.3, -0.25) is 14.5 Å². The van der Waals surface area contributed by atoms with Crippen LogP contribution in [0.15, 0.2) is 54.6 Å². The molecule has 0 radical (unpaired) electrons. The van der Waals surface area contributed by atoms with Gasteiger partial charge in [0.25, 0.3) is 5.91 Å². The van der Waals surface area contributed by atoms with Crippen LogP contribution in [0, 0.1) is 0 Å². The van der Waals surface area contributed by atoms with Crippen molar-refractivity contribution in [3.8, 4) is 0 Å². The van der Waals surface area contributed by atoms with Gasteiger partial charge in [-0.15, -0.1) is 0 Å². The summed E-state index contributed by atoms with van der Waals surface area (Å²) in [6, 6.07) is 15.1. The van der Waals surface area contributed by atoms with Crippen molar-refractivity contribution in [3.05, 3.63) is 65.7 Å². The maximum atomic E-state index is 12.9. The highest BCUT2D eigenvalue weighted by molar-refractivity contribution is 5.96. The van der Waals surface area contributed by atoms with Crippen LogP contribution < -0.4 is 15.5 Å². The number of benzene rings is 2. The Morgan fingerprint density at radius 2 is 1.74 bits per heavy atom. The van der Waals surface area contributed by atoms with Crippen molar-refractivity contribution in [3.63, 3.8) is 0 Å². The van der Waals surface area contributed by atoms with Gasteiger partial charge in [-0.2, -0.15) is 13.2 Å². The summed E-state index contributed by atoms with van der Waals surface area (Å²) in [7, 11) is 0. The van der Waals surface area contributed by atoms with Gasteiger partial charge in [0, 0.05) is 49.5 Å². The zero-order valence-corrected chi connectivity index (χ0v) is 19.6. The SMILES string of the molecule is O=C(CNC(=O)c1cccc(C(F)(F)F)c1)NC1CCN(C2CCCN(c3ccccc3)CC2)C1. The van der Waals surface area contributed by atoms with Gasteiger partial charge in [-0.25, -0.2) is 0 Å². The number of hydrogen-bond donors (Lipinski definition) is 2. The Kier molecular flexibility index (Phi) is 7.95. The van der Waals surface area contributed by atoms with E-state index in [0.29, 0.717) is 6.04 Å². The van der Waals surface area contributed by atoms with Gasteiger partial charge in [-0.1, -0.05) is 24.3 Å². The summed E-state index contributed by atoms with van der Waals surface area (Å²) in [5.41, 5.74) is 0.232. The van der Waals surface area contributed by atoms with E-state index < -0.39 is 17.6 Å². The Morgan fingerprint density at radius 1 is 0.943 bits per heavy atom. The number of likely N-dealkylation sites (tertiary alicyclic amines) is 1. The number of rotatable bonds is 6. The molecule has 2 fully saturated rings. The molecule has 6 nitrogen and oxygen atoms in total. The molecule has 4 rings (SSSR count). The van der Waals surface area contributed by atoms with Crippen LogP contribution in [0.4, 0.5) is 18.9 Å². The predicted octanol–water partition coefficient (Wildman–Crippen LogP) is 3.68. The van der Waals surface area contributed by atoms with E-state index in [2.05, 4.69) is 44.7 Å². The Bertz CT molecular complexity index is 1020. The number of alkyl halides is 3. The van der Waals surface area contributed by atoms with E-state index in [1.807, 2.05) is 6.07 Å². The van der Waals surface area contributed by atoms with Crippen LogP contribution in [0.3, 0.4) is 0 Å². The molecule has 2 N–H and O–H groups in total. The molecule has 35 heavy (non-hydrogen) atoms. The second-order valence-corrected chi connectivity index (χ2v) is 9.22. The Labute approximate surface area is 203 Å². The maximum Gasteiger partial charge on any atom is 0.416 e. The third-order valence-corrected chi connectivity index (χ3v) is 6.78. The summed E-state index contributed by atoms with van der Waals surface area (Å²) in [5.74, 6) is -1.05. The van der Waals surface area contributed by atoms with Gasteiger partial charge in [0.15, 0.2) is 0 Å². The van der Waals surface area contributed by atoms with Crippen LogP contribution in [-0.4, -0.2) is 61.5 Å². The fraction of sp³-hybridized carbons (Fsp3) is 0.462. The molecule has 2 unspecified atom stereocenters. The normalized spacial score (nSPS) is 21.4. The smallest absolute Gasteiger partial charge is 0.371 e. The van der Waals surface area contributed by atoms with E-state index in [0.717, 1.165) is 64.0 Å². The van der Waals surface area contributed by atoms with Crippen molar-refractivity contribution >= 4 is 17.5 Å². The zero-order valence-electron chi connectivity index (χ0n) is 19.6. The van der Waals surface area contributed by atoms with Gasteiger partial charge in [0.1, 0.15) is 0 Å². The molecule has 0 aromatic heterocycles. The molecule has 2 saturated heterocycles. The highest BCUT2D eigenvalue weighted by atomic mass is 19.4. The molecule has 2 aliphatic rings. The quantitative estimate of drug-likeness (QED) is 0.651. The van der Waals surface area contributed by atoms with E-state index in [4.69, 9.17) is 0 Å². The highest BCUT2D eigenvalue weighted by Crippen LogP contribution is 2.29. The molecule has 188 valence electrons. The average Bonchev–Trinajstić information content (AvgIpc) is 3.17. The van der Waals surface area contributed by atoms with Crippen molar-refractivity contribution in [2.75, 3.05) is 37.6 Å². The molecule has 0 aliphatic carbocycles. The van der Waals surface area contributed by atoms with E-state index in [1.165, 1.54) is 17.8 Å². The van der Waals surface area contributed by atoms with E-state index in [9.17, 15) is 22.8 Å². The summed E-state index contributed by atoms with van der Waals surface area (Å²) in [4.78, 5) is 29.5. The molecule has 9 heteroatoms. The lowest BCUT2D eigenvalue weighted by Gasteiger charge is -2.27. The number of hydrogen-bond acceptors (Lipinski definition) is 4. The predicted molar refractivity (Wildman–Crippen MR) is 128 cm³/mol. The number of halogens is 3. The molecule has 2 aromatic rings. The second-order valence-electron chi connectivity index (χ2n) is 9.22. The molecule has 2 amide bonds. The first-order valence-electron chi connectivity index (χ1n) is 12.1. The van der Waals surface area contributed by atoms with Gasteiger partial charge < -0.3 is 15.5 Å². The van der Waals surface area contributed by atoms with Crippen LogP contribution in [0.1, 0.15) is 41.6 Å². The van der Waals surface area contributed by atoms with Crippen molar-refractivity contribution in [1.29, 1.82) is 0 Å². The number of nitrogens with one attached hydrogen (secondary N) is 2. The van der Waals surface area contributed by atoms with Crippen molar-refractivity contribution in [2.24, 2.45) is 0 Å². The number of anilines is 1. The topological polar surface area (TPSA) is 64.7 Å². The Hall–Kier alpha value is -3.07. The van der Waals surface area contributed by atoms with E-state index in [-0.39, 0.29) is 24.1 Å². The molecule has 2 heterocycles. The van der Waals surface area contributed by atoms with E-state index in [1.54, 1.807) is 0 Å². The maximum absolute atomic E-state index is 12.9. The zero-order chi connectivity index (χ0) is 24.8. The first kappa shape index (κ1) is 25.0. The van der Waals surface area contributed by atoms with Crippen LogP contribution >= 0.6 is 0 Å². The molecular weight excluding hydrogens is 457 g/mol. The van der Waals surface area contributed by atoms with Gasteiger partial charge >= 0.3 is 6.18 Å². The van der Waals surface area contributed by atoms with Crippen LogP contribution in [0.5, 0.6) is 0 Å². The molecule has 2 aromatic carbocycles. The molecule has 2 atom stereocenters. The monoisotopic (exact) mass is 488 g/mol. The van der Waals surface area contributed by atoms with Crippen molar-refractivity contribution in [2.45, 2.75) is 43.9 Å². The van der Waals surface area contributed by atoms with Gasteiger partial charge in [0.05, 0.1) is 12.1 Å². The summed E-state index contributed by atoms with van der Waals surface area (Å²) in [5, 5.41) is 5.37. The lowest BCUT2D eigenvalue weighted by Crippen LogP contribution is -2.44. The van der Waals surface area contributed by atoms with Crippen LogP contribution in [-0.2, 0) is 11.0 Å². The highest BCUT2D eigenvalue weighted by Gasteiger charge is 2.32. The molecule has 0 saturated carbocycles. The first-order valence-corrected chi connectivity index (χ1v) is 12.1. The van der Waals surface area contributed by atoms with Crippen molar-refractivity contribution < 1.29 is 22.8 Å². The molecule has 0 bridgehead atoms. The summed E-state index contributed by atoms with van der Waals surface area (Å²) in [6.45, 7) is 3.45. The lowest BCUT2D eigenvalue weighted by molar-refractivity contribution is -0.137. The number of nitrogens with zero attached hydrogens (tertiary/aromatic N) is 2. The number of carbonyl (C=O) groups excluding carboxylic acids is 2. The average molecular weight is 489 g/mol. The second kappa shape index (κ2) is 11.1. The first-order chi connectivity index (χ1) is 16.8. The minimum atomic E-state index is -4.53. The van der Waals surface area contributed by atoms with Crippen molar-refractivity contribution in [1.82, 2.24) is 15.5 Å².